The maximum absolute atomic E-state index is 12.0. The highest BCUT2D eigenvalue weighted by molar-refractivity contribution is 5.83. The van der Waals surface area contributed by atoms with Gasteiger partial charge < -0.3 is 20.4 Å². The number of carbonyl (C=O) groups excluding carboxylic acids is 1. The number of pyridine rings is 1. The van der Waals surface area contributed by atoms with Gasteiger partial charge in [0, 0.05) is 25.5 Å². The average Bonchev–Trinajstić information content (AvgIpc) is 2.42. The van der Waals surface area contributed by atoms with Crippen LogP contribution < -0.4 is 5.32 Å². The van der Waals surface area contributed by atoms with Gasteiger partial charge in [-0.2, -0.15) is 0 Å². The molecule has 0 aliphatic rings. The molecule has 3 N–H and O–H groups in total. The molecule has 20 heavy (non-hydrogen) atoms. The Balaban J connectivity index is 2.69. The molecule has 0 aliphatic heterocycles. The lowest BCUT2D eigenvalue weighted by Gasteiger charge is -2.25. The number of nitrogens with one attached hydrogen (secondary N) is 1. The van der Waals surface area contributed by atoms with Gasteiger partial charge >= 0.3 is 12.0 Å². The van der Waals surface area contributed by atoms with Gasteiger partial charge in [0.2, 0.25) is 0 Å². The number of aliphatic hydroxyl groups is 1. The molecule has 1 heterocycles. The molecule has 0 aromatic carbocycles. The van der Waals surface area contributed by atoms with Crippen LogP contribution in [0.4, 0.5) is 4.79 Å². The maximum atomic E-state index is 12.0. The zero-order valence-corrected chi connectivity index (χ0v) is 11.5. The standard InChI is InChI=1S/C13H19N3O4/c1-3-16(8-10-4-6-14-7-5-10)13(20)15-11(9(2)17)12(18)19/h4-7,9,11,17H,3,8H2,1-2H3,(H,15,20)(H,18,19). The Bertz CT molecular complexity index is 450. The third kappa shape index (κ3) is 4.51. The third-order valence-corrected chi connectivity index (χ3v) is 2.82. The van der Waals surface area contributed by atoms with Crippen LogP contribution in [0.2, 0.25) is 0 Å². The lowest BCUT2D eigenvalue weighted by atomic mass is 10.2. The van der Waals surface area contributed by atoms with Crippen LogP contribution in [0.5, 0.6) is 0 Å². The first-order valence-corrected chi connectivity index (χ1v) is 6.31. The SMILES string of the molecule is CCN(Cc1ccncc1)C(=O)NC(C(=O)O)C(C)O. The molecule has 0 saturated carbocycles. The largest absolute Gasteiger partial charge is 0.480 e. The van der Waals surface area contributed by atoms with Gasteiger partial charge in [-0.3, -0.25) is 4.98 Å². The van der Waals surface area contributed by atoms with Gasteiger partial charge in [-0.1, -0.05) is 0 Å². The molecule has 0 fully saturated rings. The van der Waals surface area contributed by atoms with Crippen molar-refractivity contribution in [3.8, 4) is 0 Å². The van der Waals surface area contributed by atoms with Crippen molar-refractivity contribution in [2.75, 3.05) is 6.54 Å². The summed E-state index contributed by atoms with van der Waals surface area (Å²) in [5, 5.41) is 20.6. The van der Waals surface area contributed by atoms with Gasteiger partial charge in [0.1, 0.15) is 0 Å². The minimum Gasteiger partial charge on any atom is -0.480 e. The number of amides is 2. The maximum Gasteiger partial charge on any atom is 0.328 e. The number of hydrogen-bond donors (Lipinski definition) is 3. The molecule has 0 aliphatic carbocycles. The van der Waals surface area contributed by atoms with Crippen LogP contribution in [-0.4, -0.2) is 50.8 Å². The summed E-state index contributed by atoms with van der Waals surface area (Å²) in [6.45, 7) is 3.87. The second kappa shape index (κ2) is 7.44. The van der Waals surface area contributed by atoms with E-state index in [-0.39, 0.29) is 0 Å². The fourth-order valence-electron chi connectivity index (χ4n) is 1.65. The van der Waals surface area contributed by atoms with E-state index in [4.69, 9.17) is 5.11 Å². The van der Waals surface area contributed by atoms with Crippen molar-refractivity contribution in [1.29, 1.82) is 0 Å². The van der Waals surface area contributed by atoms with E-state index in [9.17, 15) is 14.7 Å². The highest BCUT2D eigenvalue weighted by Crippen LogP contribution is 2.04. The molecule has 1 rings (SSSR count). The van der Waals surface area contributed by atoms with Crippen LogP contribution in [-0.2, 0) is 11.3 Å². The van der Waals surface area contributed by atoms with Gasteiger partial charge in [0.05, 0.1) is 6.10 Å². The summed E-state index contributed by atoms with van der Waals surface area (Å²) in [4.78, 5) is 28.3. The molecule has 7 heteroatoms. The lowest BCUT2D eigenvalue weighted by molar-refractivity contribution is -0.141. The predicted octanol–water partition coefficient (Wildman–Crippen LogP) is 0.447. The quantitative estimate of drug-likeness (QED) is 0.702. The van der Waals surface area contributed by atoms with E-state index in [1.807, 2.05) is 0 Å². The molecule has 2 unspecified atom stereocenters. The van der Waals surface area contributed by atoms with Crippen molar-refractivity contribution >= 4 is 12.0 Å². The van der Waals surface area contributed by atoms with Gasteiger partial charge in [0.15, 0.2) is 6.04 Å². The summed E-state index contributed by atoms with van der Waals surface area (Å²) in [7, 11) is 0. The molecule has 1 aromatic heterocycles. The molecular weight excluding hydrogens is 262 g/mol. The monoisotopic (exact) mass is 281 g/mol. The molecule has 110 valence electrons. The number of aromatic nitrogens is 1. The molecule has 0 saturated heterocycles. The molecule has 1 aromatic rings. The Morgan fingerprint density at radius 1 is 1.40 bits per heavy atom. The van der Waals surface area contributed by atoms with Gasteiger partial charge in [-0.05, 0) is 31.5 Å². The van der Waals surface area contributed by atoms with Crippen LogP contribution in [0, 0.1) is 0 Å². The molecular formula is C13H19N3O4. The number of urea groups is 1. The second-order valence-electron chi connectivity index (χ2n) is 4.38. The average molecular weight is 281 g/mol. The summed E-state index contributed by atoms with van der Waals surface area (Å²) in [5.74, 6) is -1.27. The Hall–Kier alpha value is -2.15. The zero-order valence-electron chi connectivity index (χ0n) is 11.5. The summed E-state index contributed by atoms with van der Waals surface area (Å²) in [5.41, 5.74) is 0.890. The molecule has 2 atom stereocenters. The van der Waals surface area contributed by atoms with Crippen LogP contribution in [0.1, 0.15) is 19.4 Å². The summed E-state index contributed by atoms with van der Waals surface area (Å²) in [6, 6.07) is 1.70. The van der Waals surface area contributed by atoms with Crippen molar-refractivity contribution < 1.29 is 19.8 Å². The van der Waals surface area contributed by atoms with Crippen molar-refractivity contribution in [3.63, 3.8) is 0 Å². The number of carboxylic acids is 1. The Kier molecular flexibility index (Phi) is 5.92. The van der Waals surface area contributed by atoms with Crippen LogP contribution in [0.3, 0.4) is 0 Å². The Morgan fingerprint density at radius 2 is 2.00 bits per heavy atom. The van der Waals surface area contributed by atoms with Crippen molar-refractivity contribution in [3.05, 3.63) is 30.1 Å². The van der Waals surface area contributed by atoms with Crippen LogP contribution >= 0.6 is 0 Å². The van der Waals surface area contributed by atoms with Gasteiger partial charge in [-0.15, -0.1) is 0 Å². The fraction of sp³-hybridized carbons (Fsp3) is 0.462. The van der Waals surface area contributed by atoms with Gasteiger partial charge in [0.25, 0.3) is 0 Å². The highest BCUT2D eigenvalue weighted by Gasteiger charge is 2.26. The number of aliphatic hydroxyl groups excluding tert-OH is 1. The van der Waals surface area contributed by atoms with Crippen molar-refractivity contribution in [2.45, 2.75) is 32.5 Å². The zero-order chi connectivity index (χ0) is 15.1. The number of carboxylic acid groups (broad SMARTS) is 1. The van der Waals surface area contributed by atoms with E-state index in [0.717, 1.165) is 5.56 Å². The predicted molar refractivity (Wildman–Crippen MR) is 72.0 cm³/mol. The highest BCUT2D eigenvalue weighted by atomic mass is 16.4. The van der Waals surface area contributed by atoms with E-state index in [1.54, 1.807) is 31.5 Å². The molecule has 2 amide bonds. The van der Waals surface area contributed by atoms with Crippen LogP contribution in [0.15, 0.2) is 24.5 Å². The minimum absolute atomic E-state index is 0.344. The normalized spacial score (nSPS) is 13.3. The Morgan fingerprint density at radius 3 is 2.45 bits per heavy atom. The number of carbonyl (C=O) groups is 2. The smallest absolute Gasteiger partial charge is 0.328 e. The second-order valence-corrected chi connectivity index (χ2v) is 4.38. The first-order valence-electron chi connectivity index (χ1n) is 6.31. The number of rotatable bonds is 6. The summed E-state index contributed by atoms with van der Waals surface area (Å²) < 4.78 is 0. The number of hydrogen-bond acceptors (Lipinski definition) is 4. The summed E-state index contributed by atoms with van der Waals surface area (Å²) >= 11 is 0. The van der Waals surface area contributed by atoms with Crippen LogP contribution in [0.25, 0.3) is 0 Å². The summed E-state index contributed by atoms with van der Waals surface area (Å²) in [6.07, 6.45) is 2.07. The third-order valence-electron chi connectivity index (χ3n) is 2.82. The van der Waals surface area contributed by atoms with E-state index in [1.165, 1.54) is 11.8 Å². The molecule has 0 radical (unpaired) electrons. The van der Waals surface area contributed by atoms with E-state index < -0.39 is 24.1 Å². The number of nitrogens with zero attached hydrogens (tertiary/aromatic N) is 2. The van der Waals surface area contributed by atoms with Crippen molar-refractivity contribution in [1.82, 2.24) is 15.2 Å². The molecule has 0 spiro atoms. The van der Waals surface area contributed by atoms with E-state index in [2.05, 4.69) is 10.3 Å². The first kappa shape index (κ1) is 15.9. The Labute approximate surface area is 117 Å². The van der Waals surface area contributed by atoms with Gasteiger partial charge in [-0.25, -0.2) is 9.59 Å². The molecule has 7 nitrogen and oxygen atoms in total. The lowest BCUT2D eigenvalue weighted by Crippen LogP contribution is -2.52. The van der Waals surface area contributed by atoms with E-state index in [0.29, 0.717) is 13.1 Å². The topological polar surface area (TPSA) is 103 Å². The van der Waals surface area contributed by atoms with Crippen molar-refractivity contribution in [2.24, 2.45) is 0 Å². The molecule has 0 bridgehead atoms. The first-order chi connectivity index (χ1) is 9.45. The minimum atomic E-state index is -1.33. The number of aliphatic carboxylic acids is 1. The fourth-order valence-corrected chi connectivity index (χ4v) is 1.65. The van der Waals surface area contributed by atoms with E-state index >= 15 is 0 Å².